The van der Waals surface area contributed by atoms with E-state index in [1.165, 1.54) is 5.56 Å². The Morgan fingerprint density at radius 2 is 2.06 bits per heavy atom. The minimum atomic E-state index is 0.397. The molecule has 0 aromatic carbocycles. The standard InChI is InChI=1S/C11H19N5/c1-13-7-10-8-3-5-16(2)6-4-9(8)14-11(12)15-10/h13H,3-7H2,1-2H3,(H2,12,14,15). The van der Waals surface area contributed by atoms with E-state index in [1.807, 2.05) is 7.05 Å². The molecule has 1 aromatic heterocycles. The van der Waals surface area contributed by atoms with Crippen LogP contribution in [0.25, 0.3) is 0 Å². The fraction of sp³-hybridized carbons (Fsp3) is 0.636. The van der Waals surface area contributed by atoms with Crippen molar-refractivity contribution in [1.82, 2.24) is 20.2 Å². The summed E-state index contributed by atoms with van der Waals surface area (Å²) < 4.78 is 0. The first kappa shape index (κ1) is 11.3. The zero-order chi connectivity index (χ0) is 11.5. The summed E-state index contributed by atoms with van der Waals surface area (Å²) in [6, 6.07) is 0. The monoisotopic (exact) mass is 221 g/mol. The topological polar surface area (TPSA) is 67.1 Å². The molecule has 1 aromatic rings. The summed E-state index contributed by atoms with van der Waals surface area (Å²) in [6.07, 6.45) is 1.98. The van der Waals surface area contributed by atoms with Crippen molar-refractivity contribution in [2.24, 2.45) is 0 Å². The molecule has 0 saturated heterocycles. The molecule has 0 spiro atoms. The van der Waals surface area contributed by atoms with Crippen molar-refractivity contribution in [3.63, 3.8) is 0 Å². The zero-order valence-corrected chi connectivity index (χ0v) is 9.95. The predicted molar refractivity (Wildman–Crippen MR) is 64.1 cm³/mol. The number of hydrogen-bond acceptors (Lipinski definition) is 5. The molecule has 2 heterocycles. The molecule has 0 unspecified atom stereocenters. The van der Waals surface area contributed by atoms with Gasteiger partial charge in [0.2, 0.25) is 5.95 Å². The number of nitrogen functional groups attached to an aromatic ring is 1. The lowest BCUT2D eigenvalue weighted by atomic mass is 10.1. The highest BCUT2D eigenvalue weighted by atomic mass is 15.1. The highest BCUT2D eigenvalue weighted by molar-refractivity contribution is 5.33. The molecule has 2 rings (SSSR count). The van der Waals surface area contributed by atoms with E-state index < -0.39 is 0 Å². The van der Waals surface area contributed by atoms with Crippen molar-refractivity contribution in [2.45, 2.75) is 19.4 Å². The fourth-order valence-corrected chi connectivity index (χ4v) is 2.12. The van der Waals surface area contributed by atoms with Crippen molar-refractivity contribution in [3.05, 3.63) is 17.0 Å². The molecule has 5 nitrogen and oxygen atoms in total. The Morgan fingerprint density at radius 3 is 2.81 bits per heavy atom. The van der Waals surface area contributed by atoms with Crippen LogP contribution in [0, 0.1) is 0 Å². The van der Waals surface area contributed by atoms with Gasteiger partial charge in [-0.15, -0.1) is 0 Å². The van der Waals surface area contributed by atoms with Gasteiger partial charge in [0.15, 0.2) is 0 Å². The normalized spacial score (nSPS) is 16.9. The van der Waals surface area contributed by atoms with Crippen LogP contribution in [0.1, 0.15) is 17.0 Å². The van der Waals surface area contributed by atoms with E-state index in [1.54, 1.807) is 0 Å². The summed E-state index contributed by atoms with van der Waals surface area (Å²) in [5, 5.41) is 3.13. The number of likely N-dealkylation sites (N-methyl/N-ethyl adjacent to an activating group) is 1. The molecule has 5 heteroatoms. The lowest BCUT2D eigenvalue weighted by Gasteiger charge is -2.11. The van der Waals surface area contributed by atoms with Gasteiger partial charge < -0.3 is 16.0 Å². The Morgan fingerprint density at radius 1 is 1.31 bits per heavy atom. The molecule has 0 bridgehead atoms. The molecular weight excluding hydrogens is 202 g/mol. The van der Waals surface area contributed by atoms with Crippen molar-refractivity contribution in [2.75, 3.05) is 32.9 Å². The van der Waals surface area contributed by atoms with E-state index in [0.29, 0.717) is 5.95 Å². The van der Waals surface area contributed by atoms with E-state index in [2.05, 4.69) is 27.2 Å². The van der Waals surface area contributed by atoms with Gasteiger partial charge in [-0.1, -0.05) is 0 Å². The van der Waals surface area contributed by atoms with Gasteiger partial charge >= 0.3 is 0 Å². The SMILES string of the molecule is CNCc1nc(N)nc2c1CCN(C)CC2. The molecule has 1 aliphatic rings. The van der Waals surface area contributed by atoms with Gasteiger partial charge in [0.1, 0.15) is 0 Å². The third-order valence-electron chi connectivity index (χ3n) is 3.01. The summed E-state index contributed by atoms with van der Waals surface area (Å²) in [7, 11) is 4.06. The van der Waals surface area contributed by atoms with E-state index in [4.69, 9.17) is 5.73 Å². The van der Waals surface area contributed by atoms with Crippen molar-refractivity contribution < 1.29 is 0 Å². The molecule has 0 aliphatic carbocycles. The van der Waals surface area contributed by atoms with Crippen molar-refractivity contribution in [3.8, 4) is 0 Å². The number of aromatic nitrogens is 2. The van der Waals surface area contributed by atoms with E-state index >= 15 is 0 Å². The van der Waals surface area contributed by atoms with E-state index in [0.717, 1.165) is 43.9 Å². The first-order valence-electron chi connectivity index (χ1n) is 5.68. The van der Waals surface area contributed by atoms with Gasteiger partial charge in [0.25, 0.3) is 0 Å². The summed E-state index contributed by atoms with van der Waals surface area (Å²) in [5.41, 5.74) is 9.20. The van der Waals surface area contributed by atoms with Crippen LogP contribution in [0.15, 0.2) is 0 Å². The number of nitrogens with two attached hydrogens (primary N) is 1. The Balaban J connectivity index is 2.37. The van der Waals surface area contributed by atoms with Crippen LogP contribution in [-0.4, -0.2) is 42.1 Å². The summed E-state index contributed by atoms with van der Waals surface area (Å²) in [4.78, 5) is 11.0. The van der Waals surface area contributed by atoms with Crippen LogP contribution >= 0.6 is 0 Å². The van der Waals surface area contributed by atoms with Gasteiger partial charge in [-0.3, -0.25) is 0 Å². The highest BCUT2D eigenvalue weighted by Gasteiger charge is 2.17. The lowest BCUT2D eigenvalue weighted by Crippen LogP contribution is -2.21. The maximum absolute atomic E-state index is 5.74. The van der Waals surface area contributed by atoms with Crippen LogP contribution in [0.3, 0.4) is 0 Å². The second-order valence-corrected chi connectivity index (χ2v) is 4.29. The van der Waals surface area contributed by atoms with Crippen LogP contribution in [0.4, 0.5) is 5.95 Å². The first-order chi connectivity index (χ1) is 7.70. The smallest absolute Gasteiger partial charge is 0.220 e. The molecular formula is C11H19N5. The van der Waals surface area contributed by atoms with Crippen LogP contribution in [-0.2, 0) is 19.4 Å². The molecule has 0 atom stereocenters. The minimum Gasteiger partial charge on any atom is -0.368 e. The number of hydrogen-bond donors (Lipinski definition) is 2. The van der Waals surface area contributed by atoms with Gasteiger partial charge in [-0.2, -0.15) is 0 Å². The molecule has 0 amide bonds. The van der Waals surface area contributed by atoms with Crippen LogP contribution < -0.4 is 11.1 Å². The van der Waals surface area contributed by atoms with Crippen LogP contribution in [0.5, 0.6) is 0 Å². The largest absolute Gasteiger partial charge is 0.368 e. The maximum Gasteiger partial charge on any atom is 0.220 e. The molecule has 0 saturated carbocycles. The van der Waals surface area contributed by atoms with Crippen molar-refractivity contribution in [1.29, 1.82) is 0 Å². The molecule has 3 N–H and O–H groups in total. The third kappa shape index (κ3) is 2.31. The lowest BCUT2D eigenvalue weighted by molar-refractivity contribution is 0.351. The average molecular weight is 221 g/mol. The fourth-order valence-electron chi connectivity index (χ4n) is 2.12. The van der Waals surface area contributed by atoms with Gasteiger partial charge in [0, 0.05) is 26.1 Å². The van der Waals surface area contributed by atoms with Gasteiger partial charge in [0.05, 0.1) is 11.4 Å². The molecule has 16 heavy (non-hydrogen) atoms. The number of anilines is 1. The Hall–Kier alpha value is -1.20. The Bertz CT molecular complexity index is 377. The number of nitrogens with zero attached hydrogens (tertiary/aromatic N) is 3. The second kappa shape index (κ2) is 4.76. The van der Waals surface area contributed by atoms with Crippen LogP contribution in [0.2, 0.25) is 0 Å². The first-order valence-corrected chi connectivity index (χ1v) is 5.68. The van der Waals surface area contributed by atoms with Crippen molar-refractivity contribution >= 4 is 5.95 Å². The molecule has 88 valence electrons. The molecule has 1 aliphatic heterocycles. The third-order valence-corrected chi connectivity index (χ3v) is 3.01. The van der Waals surface area contributed by atoms with E-state index in [9.17, 15) is 0 Å². The van der Waals surface area contributed by atoms with Gasteiger partial charge in [-0.05, 0) is 26.1 Å². The number of fused-ring (bicyclic) bond motifs is 1. The summed E-state index contributed by atoms with van der Waals surface area (Å²) >= 11 is 0. The Labute approximate surface area is 96.1 Å². The minimum absolute atomic E-state index is 0.397. The second-order valence-electron chi connectivity index (χ2n) is 4.29. The quantitative estimate of drug-likeness (QED) is 0.724. The zero-order valence-electron chi connectivity index (χ0n) is 9.95. The summed E-state index contributed by atoms with van der Waals surface area (Å²) in [5.74, 6) is 0.397. The van der Waals surface area contributed by atoms with E-state index in [-0.39, 0.29) is 0 Å². The number of rotatable bonds is 2. The molecule has 0 radical (unpaired) electrons. The maximum atomic E-state index is 5.74. The van der Waals surface area contributed by atoms with Gasteiger partial charge in [-0.25, -0.2) is 9.97 Å². The Kier molecular flexibility index (Phi) is 3.36. The predicted octanol–water partition coefficient (Wildman–Crippen LogP) is -0.191. The summed E-state index contributed by atoms with van der Waals surface area (Å²) in [6.45, 7) is 2.87. The molecule has 0 fully saturated rings. The number of nitrogens with one attached hydrogen (secondary N) is 1. The average Bonchev–Trinajstić information content (AvgIpc) is 2.42. The highest BCUT2D eigenvalue weighted by Crippen LogP contribution is 2.17.